The summed E-state index contributed by atoms with van der Waals surface area (Å²) in [5.74, 6) is 1.66. The van der Waals surface area contributed by atoms with Gasteiger partial charge in [0, 0.05) is 12.8 Å². The maximum Gasteiger partial charge on any atom is 0.184 e. The number of benzene rings is 4. The highest BCUT2D eigenvalue weighted by molar-refractivity contribution is 5.80. The third kappa shape index (κ3) is 4.63. The number of unbranched alkanes of at least 4 members (excludes halogenated alkanes) is 1. The summed E-state index contributed by atoms with van der Waals surface area (Å²) in [5, 5.41) is 0. The topological polar surface area (TPSA) is 43.2 Å². The second-order valence-electron chi connectivity index (χ2n) is 9.98. The molecule has 0 radical (unpaired) electrons. The normalized spacial score (nSPS) is 17.3. The van der Waals surface area contributed by atoms with Crippen LogP contribution in [0.25, 0.3) is 0 Å². The maximum absolute atomic E-state index is 6.19. The minimum atomic E-state index is -0.485. The van der Waals surface area contributed by atoms with E-state index in [9.17, 15) is 0 Å². The van der Waals surface area contributed by atoms with Crippen LogP contribution in [0.4, 0.5) is 0 Å². The standard InChI is InChI=1S/C34H32N2O2/c1-5-15-27(16-6-1)33(28-17-7-2-8-18-28)25-37-31(35-33)23-13-14-24-32-36-34(26-38-32,29-19-9-3-10-20-29)30-21-11-4-12-22-30/h1-12,15-22H,13-14,23-26H2. The monoisotopic (exact) mass is 500 g/mol. The second kappa shape index (κ2) is 10.7. The minimum Gasteiger partial charge on any atom is -0.478 e. The zero-order valence-corrected chi connectivity index (χ0v) is 21.5. The highest BCUT2D eigenvalue weighted by Gasteiger charge is 2.41. The highest BCUT2D eigenvalue weighted by atomic mass is 16.5. The molecule has 0 saturated heterocycles. The molecular formula is C34H32N2O2. The Bertz CT molecular complexity index is 1210. The molecule has 0 amide bonds. The number of nitrogens with zero attached hydrogens (tertiary/aromatic N) is 2. The summed E-state index contributed by atoms with van der Waals surface area (Å²) in [6.07, 6.45) is 3.53. The molecule has 2 heterocycles. The zero-order valence-electron chi connectivity index (χ0n) is 21.5. The van der Waals surface area contributed by atoms with Crippen molar-refractivity contribution in [1.29, 1.82) is 0 Å². The quantitative estimate of drug-likeness (QED) is 0.227. The van der Waals surface area contributed by atoms with E-state index in [1.807, 2.05) is 24.3 Å². The van der Waals surface area contributed by atoms with Crippen LogP contribution in [0.2, 0.25) is 0 Å². The van der Waals surface area contributed by atoms with Crippen LogP contribution in [0.15, 0.2) is 131 Å². The smallest absolute Gasteiger partial charge is 0.184 e. The van der Waals surface area contributed by atoms with Crippen molar-refractivity contribution in [1.82, 2.24) is 0 Å². The first kappa shape index (κ1) is 24.2. The average Bonchev–Trinajstić information content (AvgIpc) is 3.64. The lowest BCUT2D eigenvalue weighted by molar-refractivity contribution is 0.273. The molecule has 0 atom stereocenters. The van der Waals surface area contributed by atoms with Crippen LogP contribution in [0, 0.1) is 0 Å². The first-order valence-corrected chi connectivity index (χ1v) is 13.4. The lowest BCUT2D eigenvalue weighted by Gasteiger charge is -2.25. The second-order valence-corrected chi connectivity index (χ2v) is 9.98. The van der Waals surface area contributed by atoms with Crippen LogP contribution in [0.5, 0.6) is 0 Å². The molecule has 4 heteroatoms. The van der Waals surface area contributed by atoms with E-state index in [0.717, 1.165) is 59.7 Å². The van der Waals surface area contributed by atoms with Crippen LogP contribution in [-0.2, 0) is 20.6 Å². The Morgan fingerprint density at radius 3 is 1.03 bits per heavy atom. The van der Waals surface area contributed by atoms with E-state index in [0.29, 0.717) is 13.2 Å². The van der Waals surface area contributed by atoms with Crippen LogP contribution in [0.1, 0.15) is 47.9 Å². The molecule has 0 unspecified atom stereocenters. The molecule has 38 heavy (non-hydrogen) atoms. The Kier molecular flexibility index (Phi) is 6.78. The molecule has 2 aliphatic rings. The number of hydrogen-bond acceptors (Lipinski definition) is 4. The van der Waals surface area contributed by atoms with Crippen molar-refractivity contribution in [3.63, 3.8) is 0 Å². The minimum absolute atomic E-state index is 0.485. The molecule has 0 fully saturated rings. The first-order valence-electron chi connectivity index (χ1n) is 13.4. The Labute approximate surface area is 224 Å². The third-order valence-electron chi connectivity index (χ3n) is 7.56. The predicted molar refractivity (Wildman–Crippen MR) is 153 cm³/mol. The fourth-order valence-corrected chi connectivity index (χ4v) is 5.52. The Morgan fingerprint density at radius 2 is 0.737 bits per heavy atom. The summed E-state index contributed by atoms with van der Waals surface area (Å²) >= 11 is 0. The number of ether oxygens (including phenoxy) is 2. The van der Waals surface area contributed by atoms with Gasteiger partial charge in [-0.15, -0.1) is 0 Å². The van der Waals surface area contributed by atoms with Crippen molar-refractivity contribution in [2.45, 2.75) is 36.8 Å². The van der Waals surface area contributed by atoms with Crippen molar-refractivity contribution in [2.75, 3.05) is 13.2 Å². The van der Waals surface area contributed by atoms with Gasteiger partial charge in [-0.3, -0.25) is 0 Å². The van der Waals surface area contributed by atoms with E-state index < -0.39 is 11.1 Å². The van der Waals surface area contributed by atoms with Crippen molar-refractivity contribution in [2.24, 2.45) is 9.98 Å². The Morgan fingerprint density at radius 1 is 0.447 bits per heavy atom. The molecule has 2 aliphatic heterocycles. The molecule has 4 aromatic rings. The highest BCUT2D eigenvalue weighted by Crippen LogP contribution is 2.40. The summed E-state index contributed by atoms with van der Waals surface area (Å²) in [7, 11) is 0. The van der Waals surface area contributed by atoms with Gasteiger partial charge in [-0.2, -0.15) is 0 Å². The summed E-state index contributed by atoms with van der Waals surface area (Å²) in [6, 6.07) is 41.9. The predicted octanol–water partition coefficient (Wildman–Crippen LogP) is 7.29. The molecule has 0 aromatic heterocycles. The summed E-state index contributed by atoms with van der Waals surface area (Å²) in [4.78, 5) is 10.3. The van der Waals surface area contributed by atoms with Crippen LogP contribution in [0.3, 0.4) is 0 Å². The van der Waals surface area contributed by atoms with E-state index in [1.165, 1.54) is 0 Å². The van der Waals surface area contributed by atoms with Gasteiger partial charge in [0.05, 0.1) is 0 Å². The number of hydrogen-bond donors (Lipinski definition) is 0. The van der Waals surface area contributed by atoms with E-state index in [-0.39, 0.29) is 0 Å². The van der Waals surface area contributed by atoms with E-state index in [1.54, 1.807) is 0 Å². The van der Waals surface area contributed by atoms with Crippen molar-refractivity contribution in [3.8, 4) is 0 Å². The maximum atomic E-state index is 6.19. The SMILES string of the molecule is c1ccc(C2(c3ccccc3)COC(CCCCC3=NC(c4ccccc4)(c4ccccc4)CO3)=N2)cc1. The van der Waals surface area contributed by atoms with Crippen LogP contribution < -0.4 is 0 Å². The molecule has 0 aliphatic carbocycles. The molecular weight excluding hydrogens is 468 g/mol. The molecule has 0 N–H and O–H groups in total. The fourth-order valence-electron chi connectivity index (χ4n) is 5.52. The summed E-state index contributed by atoms with van der Waals surface area (Å²) < 4.78 is 12.4. The van der Waals surface area contributed by atoms with Crippen molar-refractivity contribution in [3.05, 3.63) is 144 Å². The van der Waals surface area contributed by atoms with Gasteiger partial charge in [0.25, 0.3) is 0 Å². The van der Waals surface area contributed by atoms with Gasteiger partial charge in [-0.25, -0.2) is 9.98 Å². The summed E-state index contributed by atoms with van der Waals surface area (Å²) in [6.45, 7) is 1.06. The molecule has 4 aromatic carbocycles. The van der Waals surface area contributed by atoms with E-state index >= 15 is 0 Å². The molecule has 0 spiro atoms. The molecule has 0 bridgehead atoms. The molecule has 0 saturated carbocycles. The summed E-state index contributed by atoms with van der Waals surface area (Å²) in [5.41, 5.74) is 3.67. The number of aliphatic imine (C=N–C) groups is 2. The van der Waals surface area contributed by atoms with Gasteiger partial charge >= 0.3 is 0 Å². The van der Waals surface area contributed by atoms with Gasteiger partial charge < -0.3 is 9.47 Å². The number of rotatable bonds is 9. The fraction of sp³-hybridized carbons (Fsp3) is 0.235. The first-order chi connectivity index (χ1) is 18.8. The van der Waals surface area contributed by atoms with Crippen molar-refractivity contribution < 1.29 is 9.47 Å². The van der Waals surface area contributed by atoms with Gasteiger partial charge in [0.1, 0.15) is 24.3 Å². The third-order valence-corrected chi connectivity index (χ3v) is 7.56. The average molecular weight is 501 g/mol. The van der Waals surface area contributed by atoms with E-state index in [4.69, 9.17) is 19.5 Å². The van der Waals surface area contributed by atoms with Crippen LogP contribution >= 0.6 is 0 Å². The van der Waals surface area contributed by atoms with Gasteiger partial charge in [-0.05, 0) is 35.1 Å². The Balaban J connectivity index is 1.15. The van der Waals surface area contributed by atoms with Gasteiger partial charge in [0.15, 0.2) is 11.8 Å². The van der Waals surface area contributed by atoms with E-state index in [2.05, 4.69) is 97.1 Å². The molecule has 6 rings (SSSR count). The van der Waals surface area contributed by atoms with Crippen molar-refractivity contribution >= 4 is 11.8 Å². The zero-order chi connectivity index (χ0) is 25.7. The van der Waals surface area contributed by atoms with Gasteiger partial charge in [0.2, 0.25) is 0 Å². The van der Waals surface area contributed by atoms with Crippen LogP contribution in [-0.4, -0.2) is 25.0 Å². The van der Waals surface area contributed by atoms with Gasteiger partial charge in [-0.1, -0.05) is 121 Å². The lowest BCUT2D eigenvalue weighted by atomic mass is 9.84. The lowest BCUT2D eigenvalue weighted by Crippen LogP contribution is -2.26. The Hall–Kier alpha value is -4.18. The molecule has 4 nitrogen and oxygen atoms in total. The molecule has 190 valence electrons. The largest absolute Gasteiger partial charge is 0.478 e.